The smallest absolute Gasteiger partial charge is 0.164 e. The fourth-order valence-corrected chi connectivity index (χ4v) is 1.80. The Hall–Kier alpha value is -0.120. The van der Waals surface area contributed by atoms with Crippen LogP contribution in [0.3, 0.4) is 0 Å². The van der Waals surface area contributed by atoms with Crippen molar-refractivity contribution >= 4 is 0 Å². The zero-order valence-corrected chi connectivity index (χ0v) is 6.01. The van der Waals surface area contributed by atoms with E-state index in [1.807, 2.05) is 0 Å². The molecule has 58 valence electrons. The molecule has 0 saturated carbocycles. The predicted molar refractivity (Wildman–Crippen MR) is 36.4 cm³/mol. The van der Waals surface area contributed by atoms with Gasteiger partial charge < -0.3 is 15.2 Å². The molecular weight excluding hydrogens is 130 g/mol. The summed E-state index contributed by atoms with van der Waals surface area (Å²) in [6, 6.07) is 0. The summed E-state index contributed by atoms with van der Waals surface area (Å²) in [6.45, 7) is 2.35. The highest BCUT2D eigenvalue weighted by Crippen LogP contribution is 2.42. The first-order valence-corrected chi connectivity index (χ1v) is 3.81. The van der Waals surface area contributed by atoms with Gasteiger partial charge in [0, 0.05) is 12.0 Å². The van der Waals surface area contributed by atoms with Crippen LogP contribution in [0.5, 0.6) is 0 Å². The molecule has 0 amide bonds. The molecule has 3 nitrogen and oxygen atoms in total. The molecule has 0 spiro atoms. The summed E-state index contributed by atoms with van der Waals surface area (Å²) in [5.74, 6) is 0. The van der Waals surface area contributed by atoms with Crippen molar-refractivity contribution in [2.24, 2.45) is 11.1 Å². The Labute approximate surface area is 60.5 Å². The van der Waals surface area contributed by atoms with Gasteiger partial charge in [-0.2, -0.15) is 0 Å². The molecule has 2 rings (SSSR count). The van der Waals surface area contributed by atoms with Crippen LogP contribution in [0.2, 0.25) is 0 Å². The summed E-state index contributed by atoms with van der Waals surface area (Å²) >= 11 is 0. The maximum Gasteiger partial charge on any atom is 0.164 e. The van der Waals surface area contributed by atoms with Gasteiger partial charge in [-0.05, 0) is 12.8 Å². The van der Waals surface area contributed by atoms with Crippen molar-refractivity contribution in [1.29, 1.82) is 0 Å². The van der Waals surface area contributed by atoms with Gasteiger partial charge in [0.15, 0.2) is 6.29 Å². The highest BCUT2D eigenvalue weighted by atomic mass is 16.7. The molecule has 0 aromatic carbocycles. The third kappa shape index (κ3) is 0.713. The Morgan fingerprint density at radius 1 is 1.30 bits per heavy atom. The zero-order valence-electron chi connectivity index (χ0n) is 6.01. The number of rotatable bonds is 1. The van der Waals surface area contributed by atoms with Gasteiger partial charge in [-0.15, -0.1) is 0 Å². The maximum atomic E-state index is 5.65. The van der Waals surface area contributed by atoms with Gasteiger partial charge in [-0.25, -0.2) is 0 Å². The van der Waals surface area contributed by atoms with Gasteiger partial charge in [-0.1, -0.05) is 0 Å². The molecule has 0 aliphatic carbocycles. The fraction of sp³-hybridized carbons (Fsp3) is 1.00. The van der Waals surface area contributed by atoms with E-state index in [1.165, 1.54) is 0 Å². The minimum absolute atomic E-state index is 0.0116. The average molecular weight is 143 g/mol. The zero-order chi connectivity index (χ0) is 7.03. The van der Waals surface area contributed by atoms with Crippen molar-refractivity contribution in [3.63, 3.8) is 0 Å². The minimum atomic E-state index is 0.0116. The quantitative estimate of drug-likeness (QED) is 0.566. The minimum Gasteiger partial charge on any atom is -0.352 e. The molecule has 2 N–H and O–H groups in total. The van der Waals surface area contributed by atoms with E-state index >= 15 is 0 Å². The summed E-state index contributed by atoms with van der Waals surface area (Å²) < 4.78 is 10.7. The van der Waals surface area contributed by atoms with Crippen molar-refractivity contribution in [2.45, 2.75) is 19.1 Å². The Kier molecular flexibility index (Phi) is 1.44. The Morgan fingerprint density at radius 2 is 1.90 bits per heavy atom. The van der Waals surface area contributed by atoms with Crippen LogP contribution in [-0.2, 0) is 9.47 Å². The third-order valence-corrected chi connectivity index (χ3v) is 2.64. The second kappa shape index (κ2) is 2.19. The van der Waals surface area contributed by atoms with Crippen molar-refractivity contribution in [1.82, 2.24) is 0 Å². The van der Waals surface area contributed by atoms with E-state index in [-0.39, 0.29) is 11.7 Å². The van der Waals surface area contributed by atoms with Crippen LogP contribution in [0.15, 0.2) is 0 Å². The first-order valence-electron chi connectivity index (χ1n) is 3.81. The van der Waals surface area contributed by atoms with E-state index in [0.29, 0.717) is 6.54 Å². The Balaban J connectivity index is 2.15. The van der Waals surface area contributed by atoms with Crippen LogP contribution in [0.1, 0.15) is 12.8 Å². The molecule has 0 atom stereocenters. The second-order valence-electron chi connectivity index (χ2n) is 3.14. The normalized spacial score (nSPS) is 45.9. The number of hydrogen-bond donors (Lipinski definition) is 1. The number of ether oxygens (including phenoxy) is 2. The molecule has 3 heteroatoms. The van der Waals surface area contributed by atoms with Crippen molar-refractivity contribution in [3.8, 4) is 0 Å². The first kappa shape index (κ1) is 6.58. The predicted octanol–water partition coefficient (Wildman–Crippen LogP) is 0.0982. The highest BCUT2D eigenvalue weighted by molar-refractivity contribution is 4.91. The molecule has 2 heterocycles. The van der Waals surface area contributed by atoms with E-state index < -0.39 is 0 Å². The highest BCUT2D eigenvalue weighted by Gasteiger charge is 2.47. The summed E-state index contributed by atoms with van der Waals surface area (Å²) in [4.78, 5) is 0. The Bertz CT molecular complexity index is 128. The van der Waals surface area contributed by atoms with Crippen LogP contribution in [-0.4, -0.2) is 26.0 Å². The maximum absolute atomic E-state index is 5.65. The molecule has 0 aromatic heterocycles. The topological polar surface area (TPSA) is 44.5 Å². The van der Waals surface area contributed by atoms with E-state index in [2.05, 4.69) is 0 Å². The van der Waals surface area contributed by atoms with Crippen molar-refractivity contribution in [2.75, 3.05) is 19.8 Å². The molecule has 0 radical (unpaired) electrons. The van der Waals surface area contributed by atoms with Gasteiger partial charge in [0.1, 0.15) is 0 Å². The molecule has 0 aromatic rings. The van der Waals surface area contributed by atoms with Crippen LogP contribution >= 0.6 is 0 Å². The first-order chi connectivity index (χ1) is 4.87. The molecule has 2 aliphatic heterocycles. The van der Waals surface area contributed by atoms with Crippen molar-refractivity contribution < 1.29 is 9.47 Å². The SMILES string of the molecule is NCC12CCOC1OCC2. The van der Waals surface area contributed by atoms with Crippen LogP contribution in [0.25, 0.3) is 0 Å². The molecular formula is C7H13NO2. The van der Waals surface area contributed by atoms with Gasteiger partial charge in [0.05, 0.1) is 13.2 Å². The standard InChI is InChI=1S/C7H13NO2/c8-5-7-1-3-9-6(7)10-4-2-7/h6H,1-5,8H2. The fourth-order valence-electron chi connectivity index (χ4n) is 1.80. The summed E-state index contributed by atoms with van der Waals surface area (Å²) in [7, 11) is 0. The second-order valence-corrected chi connectivity index (χ2v) is 3.14. The lowest BCUT2D eigenvalue weighted by molar-refractivity contribution is -0.109. The van der Waals surface area contributed by atoms with Gasteiger partial charge >= 0.3 is 0 Å². The number of nitrogens with two attached hydrogens (primary N) is 1. The average Bonchev–Trinajstić information content (AvgIpc) is 2.42. The van der Waals surface area contributed by atoms with Gasteiger partial charge in [-0.3, -0.25) is 0 Å². The van der Waals surface area contributed by atoms with E-state index in [0.717, 1.165) is 26.1 Å². The third-order valence-electron chi connectivity index (χ3n) is 2.64. The van der Waals surface area contributed by atoms with E-state index in [4.69, 9.17) is 15.2 Å². The molecule has 0 bridgehead atoms. The van der Waals surface area contributed by atoms with Crippen LogP contribution in [0, 0.1) is 5.41 Å². The molecule has 0 unspecified atom stereocenters. The number of fused-ring (bicyclic) bond motifs is 1. The lowest BCUT2D eigenvalue weighted by atomic mass is 9.84. The van der Waals surface area contributed by atoms with Crippen LogP contribution in [0.4, 0.5) is 0 Å². The van der Waals surface area contributed by atoms with Crippen molar-refractivity contribution in [3.05, 3.63) is 0 Å². The number of hydrogen-bond acceptors (Lipinski definition) is 3. The lowest BCUT2D eigenvalue weighted by Crippen LogP contribution is -2.34. The molecule has 2 fully saturated rings. The van der Waals surface area contributed by atoms with Gasteiger partial charge in [0.25, 0.3) is 0 Å². The monoisotopic (exact) mass is 143 g/mol. The van der Waals surface area contributed by atoms with Gasteiger partial charge in [0.2, 0.25) is 0 Å². The lowest BCUT2D eigenvalue weighted by Gasteiger charge is -2.22. The summed E-state index contributed by atoms with van der Waals surface area (Å²) in [5.41, 5.74) is 5.83. The van der Waals surface area contributed by atoms with Crippen LogP contribution < -0.4 is 5.73 Å². The molecule has 10 heavy (non-hydrogen) atoms. The largest absolute Gasteiger partial charge is 0.352 e. The van der Waals surface area contributed by atoms with E-state index in [1.54, 1.807) is 0 Å². The molecule has 2 saturated heterocycles. The van der Waals surface area contributed by atoms with E-state index in [9.17, 15) is 0 Å². The Morgan fingerprint density at radius 3 is 2.30 bits per heavy atom. The molecule has 2 aliphatic rings. The summed E-state index contributed by atoms with van der Waals surface area (Å²) in [5, 5.41) is 0. The summed E-state index contributed by atoms with van der Waals surface area (Å²) in [6.07, 6.45) is 2.17.